The monoisotopic (exact) mass is 214 g/mol. The summed E-state index contributed by atoms with van der Waals surface area (Å²) in [4.78, 5) is 11.5. The summed E-state index contributed by atoms with van der Waals surface area (Å²) in [5, 5.41) is 3.05. The normalized spacial score (nSPS) is 26.3. The van der Waals surface area contributed by atoms with Crippen molar-refractivity contribution in [1.29, 1.82) is 0 Å². The summed E-state index contributed by atoms with van der Waals surface area (Å²) in [6, 6.07) is 0.305. The third-order valence-corrected chi connectivity index (χ3v) is 2.71. The summed E-state index contributed by atoms with van der Waals surface area (Å²) in [5.74, 6) is 0.155. The van der Waals surface area contributed by atoms with Gasteiger partial charge >= 0.3 is 0 Å². The van der Waals surface area contributed by atoms with Crippen molar-refractivity contribution in [3.63, 3.8) is 0 Å². The molecule has 1 heterocycles. The highest BCUT2D eigenvalue weighted by molar-refractivity contribution is 5.76. The molecule has 0 saturated carbocycles. The van der Waals surface area contributed by atoms with Crippen molar-refractivity contribution in [2.24, 2.45) is 5.73 Å². The smallest absolute Gasteiger partial charge is 0.220 e. The Labute approximate surface area is 91.5 Å². The zero-order valence-electron chi connectivity index (χ0n) is 9.50. The van der Waals surface area contributed by atoms with E-state index < -0.39 is 0 Å². The SMILES string of the molecule is CC1CC(NC(=O)CCCCN)CCO1. The predicted octanol–water partition coefficient (Wildman–Crippen LogP) is 0.799. The molecule has 0 spiro atoms. The molecule has 0 aliphatic carbocycles. The lowest BCUT2D eigenvalue weighted by molar-refractivity contribution is -0.122. The van der Waals surface area contributed by atoms with E-state index in [0.717, 1.165) is 32.3 Å². The van der Waals surface area contributed by atoms with Crippen molar-refractivity contribution in [2.75, 3.05) is 13.2 Å². The highest BCUT2D eigenvalue weighted by Gasteiger charge is 2.20. The molecular weight excluding hydrogens is 192 g/mol. The first kappa shape index (κ1) is 12.5. The molecule has 15 heavy (non-hydrogen) atoms. The van der Waals surface area contributed by atoms with E-state index in [9.17, 15) is 4.79 Å². The molecule has 3 N–H and O–H groups in total. The lowest BCUT2D eigenvalue weighted by Gasteiger charge is -2.27. The number of carbonyl (C=O) groups is 1. The number of carbonyl (C=O) groups excluding carboxylic acids is 1. The second-order valence-corrected chi connectivity index (χ2v) is 4.22. The Morgan fingerprint density at radius 1 is 1.53 bits per heavy atom. The molecule has 1 fully saturated rings. The van der Waals surface area contributed by atoms with Crippen LogP contribution in [0.1, 0.15) is 39.0 Å². The van der Waals surface area contributed by atoms with E-state index in [1.807, 2.05) is 6.92 Å². The van der Waals surface area contributed by atoms with Crippen LogP contribution in [-0.2, 0) is 9.53 Å². The lowest BCUT2D eigenvalue weighted by Crippen LogP contribution is -2.41. The molecule has 1 aliphatic rings. The summed E-state index contributed by atoms with van der Waals surface area (Å²) in [5.41, 5.74) is 5.37. The third kappa shape index (κ3) is 5.14. The molecule has 0 radical (unpaired) electrons. The minimum atomic E-state index is 0.155. The van der Waals surface area contributed by atoms with Crippen molar-refractivity contribution < 1.29 is 9.53 Å². The van der Waals surface area contributed by atoms with Gasteiger partial charge in [-0.15, -0.1) is 0 Å². The van der Waals surface area contributed by atoms with Gasteiger partial charge in [-0.3, -0.25) is 4.79 Å². The predicted molar refractivity (Wildman–Crippen MR) is 59.5 cm³/mol. The number of amides is 1. The van der Waals surface area contributed by atoms with Crippen LogP contribution >= 0.6 is 0 Å². The lowest BCUT2D eigenvalue weighted by atomic mass is 10.0. The molecule has 0 aromatic carbocycles. The summed E-state index contributed by atoms with van der Waals surface area (Å²) in [6.07, 6.45) is 4.56. The van der Waals surface area contributed by atoms with Gasteiger partial charge < -0.3 is 15.8 Å². The topological polar surface area (TPSA) is 64.4 Å². The molecule has 2 atom stereocenters. The van der Waals surface area contributed by atoms with Crippen molar-refractivity contribution >= 4 is 5.91 Å². The molecule has 1 aliphatic heterocycles. The number of rotatable bonds is 5. The van der Waals surface area contributed by atoms with E-state index in [4.69, 9.17) is 10.5 Å². The zero-order chi connectivity index (χ0) is 11.1. The van der Waals surface area contributed by atoms with Gasteiger partial charge in [0.1, 0.15) is 0 Å². The van der Waals surface area contributed by atoms with E-state index in [2.05, 4.69) is 5.32 Å². The van der Waals surface area contributed by atoms with E-state index >= 15 is 0 Å². The Bertz CT molecular complexity index is 197. The van der Waals surface area contributed by atoms with Gasteiger partial charge in [-0.05, 0) is 39.2 Å². The summed E-state index contributed by atoms with van der Waals surface area (Å²) >= 11 is 0. The van der Waals surface area contributed by atoms with Gasteiger partial charge in [0.05, 0.1) is 6.10 Å². The van der Waals surface area contributed by atoms with Crippen molar-refractivity contribution in [1.82, 2.24) is 5.32 Å². The van der Waals surface area contributed by atoms with Gasteiger partial charge in [-0.1, -0.05) is 0 Å². The summed E-state index contributed by atoms with van der Waals surface area (Å²) in [7, 11) is 0. The first-order valence-electron chi connectivity index (χ1n) is 5.83. The zero-order valence-corrected chi connectivity index (χ0v) is 9.50. The van der Waals surface area contributed by atoms with Crippen LogP contribution in [-0.4, -0.2) is 31.2 Å². The van der Waals surface area contributed by atoms with Crippen LogP contribution in [0.25, 0.3) is 0 Å². The highest BCUT2D eigenvalue weighted by atomic mass is 16.5. The first-order chi connectivity index (χ1) is 7.22. The van der Waals surface area contributed by atoms with Gasteiger partial charge in [-0.25, -0.2) is 0 Å². The second kappa shape index (κ2) is 6.80. The number of hydrogen-bond acceptors (Lipinski definition) is 3. The molecule has 2 unspecified atom stereocenters. The maximum atomic E-state index is 11.5. The Hall–Kier alpha value is -0.610. The third-order valence-electron chi connectivity index (χ3n) is 2.71. The average molecular weight is 214 g/mol. The van der Waals surface area contributed by atoms with Crippen LogP contribution in [0.4, 0.5) is 0 Å². The van der Waals surface area contributed by atoms with Crippen molar-refractivity contribution in [3.05, 3.63) is 0 Å². The average Bonchev–Trinajstić information content (AvgIpc) is 2.18. The van der Waals surface area contributed by atoms with Crippen molar-refractivity contribution in [3.8, 4) is 0 Å². The summed E-state index contributed by atoms with van der Waals surface area (Å²) in [6.45, 7) is 3.48. The van der Waals surface area contributed by atoms with E-state index in [1.54, 1.807) is 0 Å². The fourth-order valence-electron chi connectivity index (χ4n) is 1.86. The fraction of sp³-hybridized carbons (Fsp3) is 0.909. The first-order valence-corrected chi connectivity index (χ1v) is 5.83. The molecule has 4 heteroatoms. The number of ether oxygens (including phenoxy) is 1. The largest absolute Gasteiger partial charge is 0.378 e. The van der Waals surface area contributed by atoms with E-state index in [1.165, 1.54) is 0 Å². The van der Waals surface area contributed by atoms with Crippen LogP contribution in [0.3, 0.4) is 0 Å². The van der Waals surface area contributed by atoms with Crippen LogP contribution in [0.5, 0.6) is 0 Å². The van der Waals surface area contributed by atoms with Crippen LogP contribution in [0, 0.1) is 0 Å². The number of hydrogen-bond donors (Lipinski definition) is 2. The van der Waals surface area contributed by atoms with Gasteiger partial charge in [0.15, 0.2) is 0 Å². The van der Waals surface area contributed by atoms with Crippen LogP contribution in [0.15, 0.2) is 0 Å². The van der Waals surface area contributed by atoms with Gasteiger partial charge in [-0.2, -0.15) is 0 Å². The molecule has 0 aromatic rings. The van der Waals surface area contributed by atoms with E-state index in [-0.39, 0.29) is 12.0 Å². The minimum Gasteiger partial charge on any atom is -0.378 e. The van der Waals surface area contributed by atoms with E-state index in [0.29, 0.717) is 19.0 Å². The van der Waals surface area contributed by atoms with Gasteiger partial charge in [0, 0.05) is 19.1 Å². The maximum absolute atomic E-state index is 11.5. The molecule has 0 aromatic heterocycles. The number of nitrogens with one attached hydrogen (secondary N) is 1. The molecule has 88 valence electrons. The van der Waals surface area contributed by atoms with Gasteiger partial charge in [0.2, 0.25) is 5.91 Å². The maximum Gasteiger partial charge on any atom is 0.220 e. The quantitative estimate of drug-likeness (QED) is 0.665. The number of unbranched alkanes of at least 4 members (excludes halogenated alkanes) is 1. The Morgan fingerprint density at radius 3 is 3.00 bits per heavy atom. The molecule has 1 saturated heterocycles. The van der Waals surface area contributed by atoms with Gasteiger partial charge in [0.25, 0.3) is 0 Å². The molecule has 0 bridgehead atoms. The second-order valence-electron chi connectivity index (χ2n) is 4.22. The Morgan fingerprint density at radius 2 is 2.33 bits per heavy atom. The molecule has 1 amide bonds. The van der Waals surface area contributed by atoms with Crippen LogP contribution < -0.4 is 11.1 Å². The summed E-state index contributed by atoms with van der Waals surface area (Å²) < 4.78 is 5.42. The fourth-order valence-corrected chi connectivity index (χ4v) is 1.86. The number of nitrogens with two attached hydrogens (primary N) is 1. The Balaban J connectivity index is 2.13. The minimum absolute atomic E-state index is 0.155. The van der Waals surface area contributed by atoms with Crippen molar-refractivity contribution in [2.45, 2.75) is 51.2 Å². The molecular formula is C11H22N2O2. The highest BCUT2D eigenvalue weighted by Crippen LogP contribution is 2.13. The Kier molecular flexibility index (Phi) is 5.65. The molecule has 4 nitrogen and oxygen atoms in total. The standard InChI is InChI=1S/C11H22N2O2/c1-9-8-10(5-7-15-9)13-11(14)4-2-3-6-12/h9-10H,2-8,12H2,1H3,(H,13,14). The molecule has 1 rings (SSSR count). The van der Waals surface area contributed by atoms with Crippen LogP contribution in [0.2, 0.25) is 0 Å².